The van der Waals surface area contributed by atoms with Crippen LogP contribution < -0.4 is 10.6 Å². The Morgan fingerprint density at radius 3 is 2.25 bits per heavy atom. The minimum Gasteiger partial charge on any atom is -0.319 e. The van der Waals surface area contributed by atoms with E-state index in [0.29, 0.717) is 13.0 Å². The first-order chi connectivity index (χ1) is 7.31. The summed E-state index contributed by atoms with van der Waals surface area (Å²) in [5, 5.41) is 5.96. The van der Waals surface area contributed by atoms with Crippen molar-refractivity contribution >= 4 is 11.6 Å². The number of nitrogens with one attached hydrogen (secondary N) is 2. The molecule has 94 valence electrons. The molecule has 0 amide bonds. The number of carbonyl (C=O) groups is 2. The van der Waals surface area contributed by atoms with E-state index in [0.717, 1.165) is 0 Å². The summed E-state index contributed by atoms with van der Waals surface area (Å²) in [4.78, 5) is 23.2. The van der Waals surface area contributed by atoms with Gasteiger partial charge in [0.25, 0.3) is 0 Å². The minimum atomic E-state index is -0.624. The zero-order valence-electron chi connectivity index (χ0n) is 11.0. The van der Waals surface area contributed by atoms with Crippen LogP contribution in [-0.2, 0) is 9.59 Å². The number of hydrogen-bond donors (Lipinski definition) is 2. The van der Waals surface area contributed by atoms with Gasteiger partial charge in [-0.2, -0.15) is 0 Å². The predicted molar refractivity (Wildman–Crippen MR) is 65.5 cm³/mol. The molecule has 4 heteroatoms. The summed E-state index contributed by atoms with van der Waals surface area (Å²) < 4.78 is 0. The molecule has 0 fully saturated rings. The van der Waals surface area contributed by atoms with Crippen molar-refractivity contribution in [2.75, 3.05) is 20.1 Å². The Kier molecular flexibility index (Phi) is 6.45. The second-order valence-electron chi connectivity index (χ2n) is 4.88. The lowest BCUT2D eigenvalue weighted by Gasteiger charge is -2.25. The lowest BCUT2D eigenvalue weighted by atomic mass is 9.96. The highest BCUT2D eigenvalue weighted by atomic mass is 16.1. The lowest BCUT2D eigenvalue weighted by Crippen LogP contribution is -2.49. The van der Waals surface area contributed by atoms with E-state index in [-0.39, 0.29) is 24.0 Å². The molecule has 2 N–H and O–H groups in total. The molecule has 0 aliphatic rings. The Balaban J connectivity index is 4.13. The fraction of sp³-hybridized carbons (Fsp3) is 0.833. The normalized spacial score (nSPS) is 11.9. The predicted octanol–water partition coefficient (Wildman–Crippen LogP) is 0.758. The third-order valence-corrected chi connectivity index (χ3v) is 2.65. The molecule has 0 saturated carbocycles. The number of rotatable bonds is 8. The van der Waals surface area contributed by atoms with Crippen LogP contribution >= 0.6 is 0 Å². The summed E-state index contributed by atoms with van der Waals surface area (Å²) in [6.45, 7) is 8.29. The number of carbonyl (C=O) groups excluding carboxylic acids is 2. The minimum absolute atomic E-state index is 0.00992. The second-order valence-corrected chi connectivity index (χ2v) is 4.88. The van der Waals surface area contributed by atoms with E-state index in [4.69, 9.17) is 0 Å². The standard InChI is InChI=1S/C12H24N2O2/c1-9(2)10(15)8-14-12(3,4)11(16)6-7-13-5/h9,13-14H,6-8H2,1-5H3. The van der Waals surface area contributed by atoms with Crippen molar-refractivity contribution in [2.24, 2.45) is 5.92 Å². The molecule has 16 heavy (non-hydrogen) atoms. The summed E-state index contributed by atoms with van der Waals surface area (Å²) in [6.07, 6.45) is 0.479. The van der Waals surface area contributed by atoms with E-state index in [2.05, 4.69) is 10.6 Å². The quantitative estimate of drug-likeness (QED) is 0.644. The summed E-state index contributed by atoms with van der Waals surface area (Å²) in [7, 11) is 1.82. The van der Waals surface area contributed by atoms with Gasteiger partial charge in [0, 0.05) is 18.9 Å². The van der Waals surface area contributed by atoms with Gasteiger partial charge < -0.3 is 5.32 Å². The van der Waals surface area contributed by atoms with Crippen molar-refractivity contribution in [1.82, 2.24) is 10.6 Å². The van der Waals surface area contributed by atoms with Crippen LogP contribution in [0.4, 0.5) is 0 Å². The summed E-state index contributed by atoms with van der Waals surface area (Å²) in [6, 6.07) is 0. The summed E-state index contributed by atoms with van der Waals surface area (Å²) in [5.41, 5.74) is -0.624. The van der Waals surface area contributed by atoms with Crippen molar-refractivity contribution in [3.8, 4) is 0 Å². The Hall–Kier alpha value is -0.740. The van der Waals surface area contributed by atoms with Gasteiger partial charge in [-0.3, -0.25) is 14.9 Å². The molecule has 0 saturated heterocycles. The Morgan fingerprint density at radius 1 is 1.25 bits per heavy atom. The van der Waals surface area contributed by atoms with Crippen LogP contribution in [0.25, 0.3) is 0 Å². The molecule has 0 unspecified atom stereocenters. The smallest absolute Gasteiger partial charge is 0.153 e. The zero-order valence-corrected chi connectivity index (χ0v) is 11.0. The van der Waals surface area contributed by atoms with Gasteiger partial charge >= 0.3 is 0 Å². The van der Waals surface area contributed by atoms with Crippen LogP contribution in [-0.4, -0.2) is 37.2 Å². The van der Waals surface area contributed by atoms with Gasteiger partial charge in [0.2, 0.25) is 0 Å². The van der Waals surface area contributed by atoms with Gasteiger partial charge in [0.05, 0.1) is 12.1 Å². The average Bonchev–Trinajstić information content (AvgIpc) is 2.22. The Bertz CT molecular complexity index is 247. The second kappa shape index (κ2) is 6.76. The lowest BCUT2D eigenvalue weighted by molar-refractivity contribution is -0.125. The molecule has 0 heterocycles. The first kappa shape index (κ1) is 15.3. The van der Waals surface area contributed by atoms with Gasteiger partial charge in [-0.25, -0.2) is 0 Å². The maximum absolute atomic E-state index is 11.8. The molecule has 0 aliphatic carbocycles. The van der Waals surface area contributed by atoms with Crippen molar-refractivity contribution in [3.63, 3.8) is 0 Å². The monoisotopic (exact) mass is 228 g/mol. The number of ketones is 2. The van der Waals surface area contributed by atoms with Crippen LogP contribution in [0, 0.1) is 5.92 Å². The molecule has 0 aromatic carbocycles. The maximum atomic E-state index is 11.8. The molecular weight excluding hydrogens is 204 g/mol. The van der Waals surface area contributed by atoms with Crippen LogP contribution in [0.1, 0.15) is 34.1 Å². The van der Waals surface area contributed by atoms with Gasteiger partial charge in [-0.05, 0) is 20.9 Å². The molecule has 0 bridgehead atoms. The van der Waals surface area contributed by atoms with Crippen molar-refractivity contribution in [2.45, 2.75) is 39.7 Å². The van der Waals surface area contributed by atoms with Gasteiger partial charge in [0.15, 0.2) is 5.78 Å². The molecule has 4 nitrogen and oxygen atoms in total. The highest BCUT2D eigenvalue weighted by Crippen LogP contribution is 2.07. The van der Waals surface area contributed by atoms with E-state index in [1.807, 2.05) is 34.7 Å². The van der Waals surface area contributed by atoms with Crippen LogP contribution in [0.15, 0.2) is 0 Å². The van der Waals surface area contributed by atoms with Crippen LogP contribution in [0.5, 0.6) is 0 Å². The average molecular weight is 228 g/mol. The molecular formula is C12H24N2O2. The number of hydrogen-bond acceptors (Lipinski definition) is 4. The van der Waals surface area contributed by atoms with E-state index in [1.54, 1.807) is 0 Å². The zero-order chi connectivity index (χ0) is 12.8. The van der Waals surface area contributed by atoms with Gasteiger partial charge in [-0.1, -0.05) is 13.8 Å². The molecule has 0 radical (unpaired) electrons. The molecule has 0 atom stereocenters. The first-order valence-corrected chi connectivity index (χ1v) is 5.77. The summed E-state index contributed by atoms with van der Waals surface area (Å²) >= 11 is 0. The van der Waals surface area contributed by atoms with E-state index in [9.17, 15) is 9.59 Å². The number of Topliss-reactive ketones (excluding diaryl/α,β-unsaturated/α-hetero) is 2. The first-order valence-electron chi connectivity index (χ1n) is 5.77. The highest BCUT2D eigenvalue weighted by Gasteiger charge is 2.26. The highest BCUT2D eigenvalue weighted by molar-refractivity contribution is 5.89. The van der Waals surface area contributed by atoms with E-state index < -0.39 is 5.54 Å². The topological polar surface area (TPSA) is 58.2 Å². The third kappa shape index (κ3) is 5.37. The Morgan fingerprint density at radius 2 is 1.81 bits per heavy atom. The van der Waals surface area contributed by atoms with E-state index in [1.165, 1.54) is 0 Å². The molecule has 0 aliphatic heterocycles. The molecule has 0 aromatic heterocycles. The third-order valence-electron chi connectivity index (χ3n) is 2.65. The SMILES string of the molecule is CNCCC(=O)C(C)(C)NCC(=O)C(C)C. The van der Waals surface area contributed by atoms with Gasteiger partial charge in [-0.15, -0.1) is 0 Å². The van der Waals surface area contributed by atoms with Crippen LogP contribution in [0.2, 0.25) is 0 Å². The molecule has 0 rings (SSSR count). The van der Waals surface area contributed by atoms with E-state index >= 15 is 0 Å². The fourth-order valence-electron chi connectivity index (χ4n) is 1.16. The fourth-order valence-corrected chi connectivity index (χ4v) is 1.16. The van der Waals surface area contributed by atoms with Gasteiger partial charge in [0.1, 0.15) is 5.78 Å². The van der Waals surface area contributed by atoms with Crippen LogP contribution in [0.3, 0.4) is 0 Å². The largest absolute Gasteiger partial charge is 0.319 e. The maximum Gasteiger partial charge on any atom is 0.153 e. The van der Waals surface area contributed by atoms with Crippen molar-refractivity contribution < 1.29 is 9.59 Å². The molecule has 0 spiro atoms. The molecule has 0 aromatic rings. The van der Waals surface area contributed by atoms with Crippen molar-refractivity contribution in [1.29, 1.82) is 0 Å². The summed E-state index contributed by atoms with van der Waals surface area (Å²) in [5.74, 6) is 0.267. The van der Waals surface area contributed by atoms with Crippen molar-refractivity contribution in [3.05, 3.63) is 0 Å². The Labute approximate surface area is 98.2 Å².